The minimum Gasteiger partial charge on any atom is -0.302 e. The molecule has 1 atom stereocenters. The maximum Gasteiger partial charge on any atom is 0.135 e. The molecular weight excluding hydrogens is 138 g/mol. The Morgan fingerprint density at radius 1 is 1.55 bits per heavy atom. The fraction of sp³-hybridized carbons (Fsp3) is 0.889. The minimum absolute atomic E-state index is 0.432. The van der Waals surface area contributed by atoms with Gasteiger partial charge in [-0.25, -0.2) is 0 Å². The number of ketones is 1. The number of rotatable bonds is 1. The van der Waals surface area contributed by atoms with Crippen LogP contribution in [0.3, 0.4) is 0 Å². The molecule has 0 aliphatic carbocycles. The van der Waals surface area contributed by atoms with Gasteiger partial charge in [-0.05, 0) is 13.0 Å². The lowest BCUT2D eigenvalue weighted by atomic mass is 9.93. The number of hydrogen-bond acceptors (Lipinski definition) is 2. The van der Waals surface area contributed by atoms with Crippen LogP contribution in [-0.2, 0) is 4.79 Å². The lowest BCUT2D eigenvalue weighted by molar-refractivity contribution is -0.123. The van der Waals surface area contributed by atoms with Crippen LogP contribution in [0.15, 0.2) is 0 Å². The van der Waals surface area contributed by atoms with Gasteiger partial charge in [0.1, 0.15) is 5.78 Å². The van der Waals surface area contributed by atoms with Gasteiger partial charge in [0.25, 0.3) is 0 Å². The zero-order valence-corrected chi connectivity index (χ0v) is 7.63. The van der Waals surface area contributed by atoms with E-state index >= 15 is 0 Å². The summed E-state index contributed by atoms with van der Waals surface area (Å²) in [6.07, 6.45) is 1.51. The second-order valence-electron chi connectivity index (χ2n) is 3.78. The quantitative estimate of drug-likeness (QED) is 0.569. The van der Waals surface area contributed by atoms with E-state index in [1.165, 1.54) is 0 Å². The van der Waals surface area contributed by atoms with E-state index in [2.05, 4.69) is 25.8 Å². The Hall–Kier alpha value is -0.370. The van der Waals surface area contributed by atoms with Gasteiger partial charge in [-0.3, -0.25) is 4.79 Å². The van der Waals surface area contributed by atoms with E-state index in [1.807, 2.05) is 0 Å². The molecule has 2 heteroatoms. The Balaban J connectivity index is 2.54. The second-order valence-corrected chi connectivity index (χ2v) is 3.78. The Bertz CT molecular complexity index is 154. The third kappa shape index (κ3) is 2.03. The number of carbonyl (C=O) groups excluding carboxylic acids is 1. The molecule has 11 heavy (non-hydrogen) atoms. The molecule has 0 N–H and O–H groups in total. The third-order valence-electron chi connectivity index (χ3n) is 2.52. The van der Waals surface area contributed by atoms with Crippen molar-refractivity contribution in [2.75, 3.05) is 13.6 Å². The Labute approximate surface area is 68.6 Å². The molecule has 1 rings (SSSR count). The van der Waals surface area contributed by atoms with E-state index < -0.39 is 0 Å². The summed E-state index contributed by atoms with van der Waals surface area (Å²) in [5.74, 6) is 1.03. The summed E-state index contributed by atoms with van der Waals surface area (Å²) in [6.45, 7) is 5.31. The fourth-order valence-corrected chi connectivity index (χ4v) is 1.70. The molecule has 64 valence electrons. The van der Waals surface area contributed by atoms with Crippen LogP contribution < -0.4 is 0 Å². The maximum absolute atomic E-state index is 11.1. The molecular formula is C9H17NO. The number of hydrogen-bond donors (Lipinski definition) is 0. The Morgan fingerprint density at radius 2 is 2.18 bits per heavy atom. The van der Waals surface area contributed by atoms with Gasteiger partial charge in [0.15, 0.2) is 0 Å². The largest absolute Gasteiger partial charge is 0.302 e. The average molecular weight is 155 g/mol. The van der Waals surface area contributed by atoms with Gasteiger partial charge in [-0.2, -0.15) is 0 Å². The molecule has 1 saturated heterocycles. The van der Waals surface area contributed by atoms with Gasteiger partial charge >= 0.3 is 0 Å². The standard InChI is InChI=1S/C9H17NO/c1-7(2)9-6-8(11)4-5-10(9)3/h7,9H,4-6H2,1-3H3. The van der Waals surface area contributed by atoms with Crippen LogP contribution in [0.1, 0.15) is 26.7 Å². The number of piperidine rings is 1. The molecule has 1 aliphatic heterocycles. The Morgan fingerprint density at radius 3 is 2.64 bits per heavy atom. The summed E-state index contributed by atoms with van der Waals surface area (Å²) >= 11 is 0. The summed E-state index contributed by atoms with van der Waals surface area (Å²) in [5, 5.41) is 0. The summed E-state index contributed by atoms with van der Waals surface area (Å²) in [6, 6.07) is 0.483. The van der Waals surface area contributed by atoms with Gasteiger partial charge in [0, 0.05) is 25.4 Å². The van der Waals surface area contributed by atoms with Gasteiger partial charge in [0.2, 0.25) is 0 Å². The molecule has 0 aromatic carbocycles. The van der Waals surface area contributed by atoms with E-state index in [1.54, 1.807) is 0 Å². The first-order valence-electron chi connectivity index (χ1n) is 4.33. The van der Waals surface area contributed by atoms with Crippen LogP contribution in [0, 0.1) is 5.92 Å². The molecule has 2 nitrogen and oxygen atoms in total. The molecule has 0 saturated carbocycles. The van der Waals surface area contributed by atoms with Gasteiger partial charge in [-0.15, -0.1) is 0 Å². The van der Waals surface area contributed by atoms with Crippen LogP contribution in [-0.4, -0.2) is 30.3 Å². The number of nitrogens with zero attached hydrogens (tertiary/aromatic N) is 1. The van der Waals surface area contributed by atoms with Crippen LogP contribution in [0.2, 0.25) is 0 Å². The van der Waals surface area contributed by atoms with Crippen molar-refractivity contribution in [3.05, 3.63) is 0 Å². The van der Waals surface area contributed by atoms with Crippen LogP contribution in [0.25, 0.3) is 0 Å². The molecule has 1 aliphatic rings. The van der Waals surface area contributed by atoms with Gasteiger partial charge in [0.05, 0.1) is 0 Å². The van der Waals surface area contributed by atoms with Crippen LogP contribution in [0.4, 0.5) is 0 Å². The molecule has 0 radical (unpaired) electrons. The highest BCUT2D eigenvalue weighted by atomic mass is 16.1. The van der Waals surface area contributed by atoms with E-state index in [4.69, 9.17) is 0 Å². The third-order valence-corrected chi connectivity index (χ3v) is 2.52. The van der Waals surface area contributed by atoms with E-state index in [-0.39, 0.29) is 0 Å². The highest BCUT2D eigenvalue weighted by Crippen LogP contribution is 2.18. The van der Waals surface area contributed by atoms with Crippen LogP contribution >= 0.6 is 0 Å². The molecule has 0 aromatic rings. The lowest BCUT2D eigenvalue weighted by Gasteiger charge is -2.34. The summed E-state index contributed by atoms with van der Waals surface area (Å²) in [7, 11) is 2.11. The second kappa shape index (κ2) is 3.35. The molecule has 0 amide bonds. The predicted octanol–water partition coefficient (Wildman–Crippen LogP) is 1.31. The van der Waals surface area contributed by atoms with Crippen LogP contribution in [0.5, 0.6) is 0 Å². The van der Waals surface area contributed by atoms with Crippen molar-refractivity contribution in [3.8, 4) is 0 Å². The van der Waals surface area contributed by atoms with Gasteiger partial charge in [-0.1, -0.05) is 13.8 Å². The highest BCUT2D eigenvalue weighted by Gasteiger charge is 2.25. The molecule has 1 unspecified atom stereocenters. The topological polar surface area (TPSA) is 20.3 Å². The van der Waals surface area contributed by atoms with Gasteiger partial charge < -0.3 is 4.90 Å². The monoisotopic (exact) mass is 155 g/mol. The molecule has 0 bridgehead atoms. The first-order valence-corrected chi connectivity index (χ1v) is 4.33. The number of carbonyl (C=O) groups is 1. The fourth-order valence-electron chi connectivity index (χ4n) is 1.70. The van der Waals surface area contributed by atoms with Crippen molar-refractivity contribution in [1.29, 1.82) is 0 Å². The van der Waals surface area contributed by atoms with Crippen molar-refractivity contribution in [2.45, 2.75) is 32.7 Å². The molecule has 0 aromatic heterocycles. The molecule has 0 spiro atoms. The van der Waals surface area contributed by atoms with Crippen molar-refractivity contribution in [2.24, 2.45) is 5.92 Å². The predicted molar refractivity (Wildman–Crippen MR) is 45.5 cm³/mol. The smallest absolute Gasteiger partial charge is 0.135 e. The highest BCUT2D eigenvalue weighted by molar-refractivity contribution is 5.80. The minimum atomic E-state index is 0.432. The molecule has 1 heterocycles. The molecule has 1 fully saturated rings. The van der Waals surface area contributed by atoms with Crippen molar-refractivity contribution < 1.29 is 4.79 Å². The van der Waals surface area contributed by atoms with Crippen molar-refractivity contribution >= 4 is 5.78 Å². The zero-order chi connectivity index (χ0) is 8.43. The van der Waals surface area contributed by atoms with E-state index in [9.17, 15) is 4.79 Å². The van der Waals surface area contributed by atoms with Crippen molar-refractivity contribution in [1.82, 2.24) is 4.90 Å². The number of Topliss-reactive ketones (excluding diaryl/α,β-unsaturated/α-hetero) is 1. The Kier molecular flexibility index (Phi) is 2.66. The van der Waals surface area contributed by atoms with E-state index in [0.29, 0.717) is 17.7 Å². The van der Waals surface area contributed by atoms with Crippen molar-refractivity contribution in [3.63, 3.8) is 0 Å². The summed E-state index contributed by atoms with van der Waals surface area (Å²) < 4.78 is 0. The maximum atomic E-state index is 11.1. The summed E-state index contributed by atoms with van der Waals surface area (Å²) in [4.78, 5) is 13.4. The zero-order valence-electron chi connectivity index (χ0n) is 7.63. The number of likely N-dealkylation sites (tertiary alicyclic amines) is 1. The SMILES string of the molecule is CC(C)C1CC(=O)CCN1C. The lowest BCUT2D eigenvalue weighted by Crippen LogP contribution is -2.43. The summed E-state index contributed by atoms with van der Waals surface area (Å²) in [5.41, 5.74) is 0. The first-order chi connectivity index (χ1) is 5.11. The average Bonchev–Trinajstić information content (AvgIpc) is 1.94. The normalized spacial score (nSPS) is 28.0. The first kappa shape index (κ1) is 8.72. The van der Waals surface area contributed by atoms with E-state index in [0.717, 1.165) is 19.4 Å².